The zero-order chi connectivity index (χ0) is 25.8. The molecule has 1 fully saturated rings. The van der Waals surface area contributed by atoms with E-state index in [0.29, 0.717) is 11.5 Å². The average molecular weight is 496 g/mol. The Balaban J connectivity index is 1.25. The van der Waals surface area contributed by atoms with E-state index < -0.39 is 5.97 Å². The molecule has 6 heteroatoms. The highest BCUT2D eigenvalue weighted by atomic mass is 16.4. The lowest BCUT2D eigenvalue weighted by atomic mass is 9.96. The first-order chi connectivity index (χ1) is 18.0. The third-order valence-electron chi connectivity index (χ3n) is 7.45. The molecule has 1 amide bonds. The fraction of sp³-hybridized carbons (Fsp3) is 0.290. The smallest absolute Gasteiger partial charge is 0.335 e. The first kappa shape index (κ1) is 24.8. The van der Waals surface area contributed by atoms with Gasteiger partial charge >= 0.3 is 5.97 Å². The van der Waals surface area contributed by atoms with Gasteiger partial charge in [0.1, 0.15) is 0 Å². The molecule has 0 spiro atoms. The Morgan fingerprint density at radius 2 is 1.68 bits per heavy atom. The number of carbonyl (C=O) groups excluding carboxylic acids is 1. The number of nitrogens with zero attached hydrogens (tertiary/aromatic N) is 2. The Hall–Kier alpha value is -3.90. The summed E-state index contributed by atoms with van der Waals surface area (Å²) in [5.41, 5.74) is 4.09. The van der Waals surface area contributed by atoms with E-state index >= 15 is 0 Å². The largest absolute Gasteiger partial charge is 0.478 e. The Morgan fingerprint density at radius 3 is 2.38 bits per heavy atom. The Morgan fingerprint density at radius 1 is 0.946 bits per heavy atom. The van der Waals surface area contributed by atoms with Crippen LogP contribution in [-0.4, -0.2) is 39.5 Å². The van der Waals surface area contributed by atoms with Crippen LogP contribution in [0.4, 0.5) is 0 Å². The molecule has 2 N–H and O–H groups in total. The number of aromatic nitrogens is 1. The lowest BCUT2D eigenvalue weighted by Gasteiger charge is -2.32. The molecule has 3 aromatic carbocycles. The summed E-state index contributed by atoms with van der Waals surface area (Å²) in [6, 6.07) is 25.0. The molecule has 0 aliphatic carbocycles. The van der Waals surface area contributed by atoms with Gasteiger partial charge in [0, 0.05) is 24.7 Å². The van der Waals surface area contributed by atoms with Gasteiger partial charge in [0.15, 0.2) is 0 Å². The van der Waals surface area contributed by atoms with Crippen LogP contribution in [0.2, 0.25) is 0 Å². The van der Waals surface area contributed by atoms with Gasteiger partial charge in [-0.2, -0.15) is 0 Å². The Labute approximate surface area is 217 Å². The van der Waals surface area contributed by atoms with Crippen LogP contribution in [0.5, 0.6) is 0 Å². The number of nitrogens with one attached hydrogen (secondary N) is 1. The highest BCUT2D eigenvalue weighted by Crippen LogP contribution is 2.26. The Bertz CT molecular complexity index is 1370. The fourth-order valence-electron chi connectivity index (χ4n) is 5.32. The topological polar surface area (TPSA) is 74.6 Å². The molecule has 0 radical (unpaired) electrons. The van der Waals surface area contributed by atoms with Crippen molar-refractivity contribution in [2.75, 3.05) is 13.1 Å². The van der Waals surface area contributed by atoms with Gasteiger partial charge < -0.3 is 15.0 Å². The number of fused-ring (bicyclic) bond motifs is 1. The van der Waals surface area contributed by atoms with Crippen molar-refractivity contribution in [3.63, 3.8) is 0 Å². The number of carbonyl (C=O) groups is 2. The van der Waals surface area contributed by atoms with Crippen LogP contribution in [0.25, 0.3) is 10.9 Å². The second kappa shape index (κ2) is 11.0. The maximum Gasteiger partial charge on any atom is 0.335 e. The molecule has 0 saturated carbocycles. The summed E-state index contributed by atoms with van der Waals surface area (Å²) in [6.45, 7) is 5.99. The summed E-state index contributed by atoms with van der Waals surface area (Å²) in [5, 5.41) is 13.3. The van der Waals surface area contributed by atoms with Crippen LogP contribution in [0.3, 0.4) is 0 Å². The summed E-state index contributed by atoms with van der Waals surface area (Å²) < 4.78 is 2.24. The van der Waals surface area contributed by atoms with E-state index in [4.69, 9.17) is 5.11 Å². The lowest BCUT2D eigenvalue weighted by molar-refractivity contribution is 0.0696. The van der Waals surface area contributed by atoms with Crippen LogP contribution in [0.15, 0.2) is 85.1 Å². The number of para-hydroxylation sites is 1. The highest BCUT2D eigenvalue weighted by molar-refractivity contribution is 6.06. The molecule has 1 aliphatic heterocycles. The maximum absolute atomic E-state index is 13.4. The summed E-state index contributed by atoms with van der Waals surface area (Å²) in [5.74, 6) is -0.513. The van der Waals surface area contributed by atoms with Gasteiger partial charge in [0.2, 0.25) is 0 Å². The van der Waals surface area contributed by atoms with Gasteiger partial charge in [-0.1, -0.05) is 54.6 Å². The lowest BCUT2D eigenvalue weighted by Crippen LogP contribution is -2.34. The van der Waals surface area contributed by atoms with Gasteiger partial charge in [-0.05, 0) is 74.2 Å². The minimum absolute atomic E-state index is 0.127. The molecule has 1 aliphatic rings. The molecular formula is C31H33N3O3. The van der Waals surface area contributed by atoms with Crippen LogP contribution < -0.4 is 5.32 Å². The van der Waals surface area contributed by atoms with E-state index in [0.717, 1.165) is 55.5 Å². The summed E-state index contributed by atoms with van der Waals surface area (Å²) in [4.78, 5) is 27.0. The molecule has 1 saturated heterocycles. The van der Waals surface area contributed by atoms with E-state index in [9.17, 15) is 9.59 Å². The van der Waals surface area contributed by atoms with E-state index in [-0.39, 0.29) is 17.5 Å². The van der Waals surface area contributed by atoms with Crippen molar-refractivity contribution < 1.29 is 14.7 Å². The predicted octanol–water partition coefficient (Wildman–Crippen LogP) is 5.74. The van der Waals surface area contributed by atoms with Gasteiger partial charge in [-0.3, -0.25) is 9.69 Å². The number of amides is 1. The number of benzene rings is 3. The van der Waals surface area contributed by atoms with E-state index in [1.54, 1.807) is 24.3 Å². The van der Waals surface area contributed by atoms with Crippen molar-refractivity contribution in [2.24, 2.45) is 5.92 Å². The molecule has 37 heavy (non-hydrogen) atoms. The second-order valence-corrected chi connectivity index (χ2v) is 10.0. The zero-order valence-electron chi connectivity index (χ0n) is 21.1. The molecule has 190 valence electrons. The Kier molecular flexibility index (Phi) is 7.37. The molecule has 5 rings (SSSR count). The number of hydrogen-bond acceptors (Lipinski definition) is 3. The average Bonchev–Trinajstić information content (AvgIpc) is 3.33. The number of carboxylic acids is 1. The summed E-state index contributed by atoms with van der Waals surface area (Å²) in [7, 11) is 0. The van der Waals surface area contributed by atoms with E-state index in [1.165, 1.54) is 5.56 Å². The molecule has 6 nitrogen and oxygen atoms in total. The molecule has 0 unspecified atom stereocenters. The SMILES string of the molecule is C[C@H](NC(=O)c1cccc2ccn(CC3CCN(Cc4ccccc4)CC3)c12)c1ccc(C(=O)O)cc1. The number of carboxylic acid groups (broad SMARTS) is 1. The number of hydrogen-bond donors (Lipinski definition) is 2. The summed E-state index contributed by atoms with van der Waals surface area (Å²) >= 11 is 0. The maximum atomic E-state index is 13.4. The normalized spacial score (nSPS) is 15.5. The third-order valence-corrected chi connectivity index (χ3v) is 7.45. The van der Waals surface area contributed by atoms with Crippen molar-refractivity contribution in [1.29, 1.82) is 0 Å². The van der Waals surface area contributed by atoms with Gasteiger partial charge in [0.05, 0.1) is 22.7 Å². The fourth-order valence-corrected chi connectivity index (χ4v) is 5.32. The van der Waals surface area contributed by atoms with Crippen LogP contribution in [0.1, 0.15) is 57.7 Å². The number of rotatable bonds is 8. The monoisotopic (exact) mass is 495 g/mol. The van der Waals surface area contributed by atoms with Gasteiger partial charge in [-0.25, -0.2) is 4.79 Å². The minimum atomic E-state index is -0.961. The van der Waals surface area contributed by atoms with E-state index in [1.807, 2.05) is 19.1 Å². The van der Waals surface area contributed by atoms with Crippen molar-refractivity contribution >= 4 is 22.8 Å². The zero-order valence-corrected chi connectivity index (χ0v) is 21.1. The van der Waals surface area contributed by atoms with Gasteiger partial charge in [0.25, 0.3) is 5.91 Å². The third kappa shape index (κ3) is 5.75. The van der Waals surface area contributed by atoms with Crippen LogP contribution in [-0.2, 0) is 13.1 Å². The molecule has 0 bridgehead atoms. The first-order valence-corrected chi connectivity index (χ1v) is 13.0. The second-order valence-electron chi connectivity index (χ2n) is 10.0. The molecule has 1 aromatic heterocycles. The first-order valence-electron chi connectivity index (χ1n) is 13.0. The van der Waals surface area contributed by atoms with Crippen LogP contribution in [0, 0.1) is 5.92 Å². The predicted molar refractivity (Wildman–Crippen MR) is 146 cm³/mol. The van der Waals surface area contributed by atoms with Gasteiger partial charge in [-0.15, -0.1) is 0 Å². The number of piperidine rings is 1. The molecular weight excluding hydrogens is 462 g/mol. The molecule has 1 atom stereocenters. The number of likely N-dealkylation sites (tertiary alicyclic amines) is 1. The van der Waals surface area contributed by atoms with Crippen molar-refractivity contribution in [3.05, 3.63) is 107 Å². The molecule has 4 aromatic rings. The summed E-state index contributed by atoms with van der Waals surface area (Å²) in [6.07, 6.45) is 4.39. The van der Waals surface area contributed by atoms with Crippen molar-refractivity contribution in [2.45, 2.75) is 38.9 Å². The highest BCUT2D eigenvalue weighted by Gasteiger charge is 2.22. The quantitative estimate of drug-likeness (QED) is 0.327. The molecule has 2 heterocycles. The minimum Gasteiger partial charge on any atom is -0.478 e. The number of aromatic carboxylic acids is 1. The standard InChI is InChI=1S/C31H33N3O3/c1-22(25-10-12-27(13-11-25)31(36)37)32-30(35)28-9-5-8-26-16-19-34(29(26)28)21-24-14-17-33(18-15-24)20-23-6-3-2-4-7-23/h2-13,16,19,22,24H,14-15,17-18,20-21H2,1H3,(H,32,35)(H,36,37)/t22-/m0/s1. The van der Waals surface area contributed by atoms with Crippen LogP contribution >= 0.6 is 0 Å². The van der Waals surface area contributed by atoms with Crippen molar-refractivity contribution in [3.8, 4) is 0 Å². The van der Waals surface area contributed by atoms with E-state index in [2.05, 4.69) is 63.4 Å². The van der Waals surface area contributed by atoms with Crippen molar-refractivity contribution in [1.82, 2.24) is 14.8 Å².